The maximum atomic E-state index is 13.8. The smallest absolute Gasteiger partial charge is 0.497 e. The van der Waals surface area contributed by atoms with Gasteiger partial charge in [0.05, 0.1) is 30.7 Å². The molecule has 0 bridgehead atoms. The summed E-state index contributed by atoms with van der Waals surface area (Å²) in [5.74, 6) is -0.694. The average molecular weight is 705 g/mol. The number of methoxy groups -OCH3 is 1. The van der Waals surface area contributed by atoms with Crippen LogP contribution in [-0.4, -0.2) is 83.0 Å². The Morgan fingerprint density at radius 1 is 1.00 bits per heavy atom. The lowest BCUT2D eigenvalue weighted by atomic mass is 10.1. The minimum Gasteiger partial charge on any atom is -0.497 e. The molecule has 0 radical (unpaired) electrons. The van der Waals surface area contributed by atoms with Gasteiger partial charge < -0.3 is 25.8 Å². The van der Waals surface area contributed by atoms with E-state index in [1.54, 1.807) is 18.2 Å². The van der Waals surface area contributed by atoms with Crippen molar-refractivity contribution >= 4 is 48.7 Å². The molecule has 46 heavy (non-hydrogen) atoms. The molecule has 0 spiro atoms. The first-order valence-corrected chi connectivity index (χ1v) is 17.5. The van der Waals surface area contributed by atoms with Gasteiger partial charge in [0.1, 0.15) is 9.96 Å². The Hall–Kier alpha value is -3.71. The number of sulfonamides is 1. The van der Waals surface area contributed by atoms with Crippen molar-refractivity contribution in [2.45, 2.75) is 40.0 Å². The zero-order chi connectivity index (χ0) is 33.7. The summed E-state index contributed by atoms with van der Waals surface area (Å²) < 4.78 is 96.1. The Bertz CT molecular complexity index is 1790. The predicted octanol–water partition coefficient (Wildman–Crippen LogP) is 2.97. The highest BCUT2D eigenvalue weighted by molar-refractivity contribution is 7.92. The number of carbonyl (C=O) groups excluding carboxylic acids is 2. The molecule has 4 N–H and O–H groups in total. The van der Waals surface area contributed by atoms with Gasteiger partial charge in [0.25, 0.3) is 31.7 Å². The third-order valence-corrected chi connectivity index (χ3v) is 12.0. The lowest BCUT2D eigenvalue weighted by Gasteiger charge is -2.32. The van der Waals surface area contributed by atoms with Gasteiger partial charge in [-0.1, -0.05) is 12.1 Å². The molecule has 1 saturated heterocycles. The maximum absolute atomic E-state index is 13.8. The molecule has 1 fully saturated rings. The zero-order valence-electron chi connectivity index (χ0n) is 24.3. The second-order valence-electron chi connectivity index (χ2n) is 10.1. The predicted molar refractivity (Wildman–Crippen MR) is 163 cm³/mol. The Morgan fingerprint density at radius 2 is 1.70 bits per heavy atom. The Labute approximate surface area is 267 Å². The molecular weight excluding hydrogens is 674 g/mol. The van der Waals surface area contributed by atoms with Crippen molar-refractivity contribution < 1.29 is 49.4 Å². The number of nitrogens with zero attached hydrogens (tertiary/aromatic N) is 1. The number of piperidine rings is 1. The van der Waals surface area contributed by atoms with E-state index in [0.717, 1.165) is 23.5 Å². The van der Waals surface area contributed by atoms with Gasteiger partial charge in [-0.25, -0.2) is 16.8 Å². The SMILES string of the molecule is COc1cccc(C(=O)NCc2cc(C(=O)NCCO)c(S(=O)(=O)N3CCC(Nc4cccc(S(=O)(=O)C(F)(F)F)c4)CC3)s2)c1. The van der Waals surface area contributed by atoms with E-state index in [-0.39, 0.29) is 67.1 Å². The quantitative estimate of drug-likeness (QED) is 0.221. The Morgan fingerprint density at radius 3 is 2.35 bits per heavy atom. The number of aliphatic hydroxyl groups is 1. The van der Waals surface area contributed by atoms with Crippen molar-refractivity contribution in [2.75, 3.05) is 38.7 Å². The highest BCUT2D eigenvalue weighted by Gasteiger charge is 2.47. The first kappa shape index (κ1) is 35.1. The second-order valence-corrected chi connectivity index (χ2v) is 15.3. The fraction of sp³-hybridized carbons (Fsp3) is 0.357. The first-order chi connectivity index (χ1) is 21.7. The van der Waals surface area contributed by atoms with Gasteiger partial charge >= 0.3 is 5.51 Å². The molecule has 0 aliphatic carbocycles. The molecule has 250 valence electrons. The number of nitrogens with one attached hydrogen (secondary N) is 3. The summed E-state index contributed by atoms with van der Waals surface area (Å²) in [6.45, 7) is -0.562. The van der Waals surface area contributed by atoms with E-state index in [9.17, 15) is 39.6 Å². The summed E-state index contributed by atoms with van der Waals surface area (Å²) >= 11 is 0.819. The number of anilines is 1. The molecule has 2 aromatic carbocycles. The van der Waals surface area contributed by atoms with Crippen LogP contribution in [0.15, 0.2) is 63.7 Å². The molecule has 1 aromatic heterocycles. The van der Waals surface area contributed by atoms with Gasteiger partial charge in [-0.2, -0.15) is 17.5 Å². The van der Waals surface area contributed by atoms with E-state index in [0.29, 0.717) is 16.2 Å². The van der Waals surface area contributed by atoms with Crippen LogP contribution < -0.4 is 20.7 Å². The van der Waals surface area contributed by atoms with E-state index in [4.69, 9.17) is 9.84 Å². The first-order valence-electron chi connectivity index (χ1n) is 13.8. The van der Waals surface area contributed by atoms with Crippen LogP contribution in [0.2, 0.25) is 0 Å². The maximum Gasteiger partial charge on any atom is 0.501 e. The number of aliphatic hydroxyl groups excluding tert-OH is 1. The minimum atomic E-state index is -5.54. The van der Waals surface area contributed by atoms with Crippen molar-refractivity contribution in [3.63, 3.8) is 0 Å². The highest BCUT2D eigenvalue weighted by Crippen LogP contribution is 2.34. The number of hydrogen-bond donors (Lipinski definition) is 4. The van der Waals surface area contributed by atoms with Crippen LogP contribution in [0, 0.1) is 0 Å². The van der Waals surface area contributed by atoms with Gasteiger partial charge in [0, 0.05) is 41.8 Å². The van der Waals surface area contributed by atoms with E-state index in [1.165, 1.54) is 35.7 Å². The monoisotopic (exact) mass is 704 g/mol. The third-order valence-electron chi connectivity index (χ3n) is 6.99. The molecule has 1 aliphatic heterocycles. The molecule has 0 unspecified atom stereocenters. The van der Waals surface area contributed by atoms with Gasteiger partial charge in [-0.3, -0.25) is 9.59 Å². The van der Waals surface area contributed by atoms with Crippen molar-refractivity contribution in [2.24, 2.45) is 0 Å². The highest BCUT2D eigenvalue weighted by atomic mass is 32.2. The number of amides is 2. The van der Waals surface area contributed by atoms with Crippen molar-refractivity contribution in [3.05, 3.63) is 70.6 Å². The van der Waals surface area contributed by atoms with Crippen LogP contribution in [-0.2, 0) is 26.4 Å². The Balaban J connectivity index is 1.48. The van der Waals surface area contributed by atoms with Crippen LogP contribution in [0.25, 0.3) is 0 Å². The van der Waals surface area contributed by atoms with Crippen LogP contribution in [0.1, 0.15) is 38.4 Å². The number of hydrogen-bond acceptors (Lipinski definition) is 10. The van der Waals surface area contributed by atoms with Crippen LogP contribution in [0.4, 0.5) is 18.9 Å². The molecule has 12 nitrogen and oxygen atoms in total. The molecule has 1 aliphatic rings. The molecule has 2 heterocycles. The van der Waals surface area contributed by atoms with E-state index < -0.39 is 42.1 Å². The van der Waals surface area contributed by atoms with Crippen molar-refractivity contribution in [1.29, 1.82) is 0 Å². The van der Waals surface area contributed by atoms with Crippen LogP contribution in [0.3, 0.4) is 0 Å². The number of rotatable bonds is 12. The molecular formula is C28H31F3N4O8S3. The number of halogens is 3. The molecule has 2 amide bonds. The van der Waals surface area contributed by atoms with Gasteiger partial charge in [-0.05, 0) is 55.3 Å². The summed E-state index contributed by atoms with van der Waals surface area (Å²) in [6, 6.07) is 11.7. The lowest BCUT2D eigenvalue weighted by molar-refractivity contribution is -0.0436. The number of thiophene rings is 1. The molecule has 18 heteroatoms. The number of alkyl halides is 3. The van der Waals surface area contributed by atoms with Gasteiger partial charge in [0.2, 0.25) is 0 Å². The number of sulfone groups is 1. The fourth-order valence-electron chi connectivity index (χ4n) is 4.64. The third kappa shape index (κ3) is 7.98. The van der Waals surface area contributed by atoms with Crippen LogP contribution >= 0.6 is 11.3 Å². The largest absolute Gasteiger partial charge is 0.501 e. The minimum absolute atomic E-state index is 0.00194. The zero-order valence-corrected chi connectivity index (χ0v) is 26.8. The topological polar surface area (TPSA) is 171 Å². The molecule has 3 aromatic rings. The normalized spacial score (nSPS) is 14.9. The van der Waals surface area contributed by atoms with E-state index in [2.05, 4.69) is 16.0 Å². The summed E-state index contributed by atoms with van der Waals surface area (Å²) in [5, 5.41) is 17.3. The van der Waals surface area contributed by atoms with Crippen molar-refractivity contribution in [1.82, 2.24) is 14.9 Å². The van der Waals surface area contributed by atoms with E-state index in [1.807, 2.05) is 0 Å². The molecule has 0 saturated carbocycles. The molecule has 4 rings (SSSR count). The molecule has 0 atom stereocenters. The summed E-state index contributed by atoms with van der Waals surface area (Å²) in [6.07, 6.45) is 0.465. The van der Waals surface area contributed by atoms with Gasteiger partial charge in [0.15, 0.2) is 0 Å². The standard InChI is InChI=1S/C28H31F3N4O8S3/c1-43-21-6-2-4-18(14-21)25(37)33-17-22-16-24(26(38)32-10-13-36)27(44-22)46(41,42)35-11-8-19(9-12-35)34-20-5-3-7-23(15-20)45(39,40)28(29,30)31/h2-7,14-16,19,34,36H,8-13,17H2,1H3,(H,32,38)(H,33,37). The average Bonchev–Trinajstić information content (AvgIpc) is 3.48. The summed E-state index contributed by atoms with van der Waals surface area (Å²) in [7, 11) is -8.29. The second kappa shape index (κ2) is 14.4. The van der Waals surface area contributed by atoms with Crippen molar-refractivity contribution in [3.8, 4) is 5.75 Å². The number of benzene rings is 2. The van der Waals surface area contributed by atoms with Gasteiger partial charge in [-0.15, -0.1) is 11.3 Å². The van der Waals surface area contributed by atoms with E-state index >= 15 is 0 Å². The van der Waals surface area contributed by atoms with Crippen LogP contribution in [0.5, 0.6) is 5.75 Å². The fourth-order valence-corrected chi connectivity index (χ4v) is 8.68. The number of ether oxygens (including phenoxy) is 1. The summed E-state index contributed by atoms with van der Waals surface area (Å²) in [4.78, 5) is 25.1. The number of carbonyl (C=O) groups is 2. The Kier molecular flexibility index (Phi) is 11.0. The lowest BCUT2D eigenvalue weighted by Crippen LogP contribution is -2.42. The summed E-state index contributed by atoms with van der Waals surface area (Å²) in [5.41, 5.74) is -5.15.